The van der Waals surface area contributed by atoms with Gasteiger partial charge in [0.05, 0.1) is 17.2 Å². The van der Waals surface area contributed by atoms with Crippen LogP contribution in [-0.4, -0.2) is 66.1 Å². The molecule has 1 aliphatic rings. The molecule has 1 saturated heterocycles. The Labute approximate surface area is 233 Å². The lowest BCUT2D eigenvalue weighted by Crippen LogP contribution is -2.43. The van der Waals surface area contributed by atoms with Crippen LogP contribution in [0.15, 0.2) is 47.5 Å². The SMILES string of the molecule is COc1ccc(Nc2cc(C(F)(F)F)nc(/N=C(\N)Nc3ccc(Cl)c(Cl)c3)n2)cc1CN1CCN(C)CC1. The zero-order valence-corrected chi connectivity index (χ0v) is 22.7. The molecule has 14 heteroatoms. The van der Waals surface area contributed by atoms with E-state index in [0.29, 0.717) is 28.7 Å². The van der Waals surface area contributed by atoms with Crippen LogP contribution in [0.2, 0.25) is 10.0 Å². The summed E-state index contributed by atoms with van der Waals surface area (Å²) in [6.07, 6.45) is -4.73. The third kappa shape index (κ3) is 7.85. The number of halogens is 5. The molecule has 0 amide bonds. The molecule has 3 aromatic rings. The molecule has 4 N–H and O–H groups in total. The number of guanidine groups is 1. The Hall–Kier alpha value is -3.32. The van der Waals surface area contributed by atoms with E-state index in [4.69, 9.17) is 33.7 Å². The third-order valence-electron chi connectivity index (χ3n) is 5.96. The summed E-state index contributed by atoms with van der Waals surface area (Å²) in [5, 5.41) is 6.26. The molecular formula is C25H27Cl2F3N8O. The van der Waals surface area contributed by atoms with Gasteiger partial charge in [0.1, 0.15) is 11.6 Å². The minimum Gasteiger partial charge on any atom is -0.496 e. The number of rotatable bonds is 7. The highest BCUT2D eigenvalue weighted by Crippen LogP contribution is 2.32. The van der Waals surface area contributed by atoms with Crippen molar-refractivity contribution in [2.75, 3.05) is 51.0 Å². The zero-order chi connectivity index (χ0) is 28.2. The van der Waals surface area contributed by atoms with Crippen molar-refractivity contribution in [1.82, 2.24) is 19.8 Å². The Bertz CT molecular complexity index is 1350. The van der Waals surface area contributed by atoms with Crippen LogP contribution in [0.3, 0.4) is 0 Å². The maximum atomic E-state index is 13.6. The number of hydrogen-bond donors (Lipinski definition) is 3. The molecule has 2 heterocycles. The van der Waals surface area contributed by atoms with Gasteiger partial charge in [-0.2, -0.15) is 23.1 Å². The fourth-order valence-corrected chi connectivity index (χ4v) is 4.22. The molecule has 0 atom stereocenters. The van der Waals surface area contributed by atoms with Crippen molar-refractivity contribution in [3.8, 4) is 5.75 Å². The van der Waals surface area contributed by atoms with Gasteiger partial charge in [-0.25, -0.2) is 4.98 Å². The lowest BCUT2D eigenvalue weighted by molar-refractivity contribution is -0.141. The van der Waals surface area contributed by atoms with Gasteiger partial charge in [0.15, 0.2) is 5.69 Å². The van der Waals surface area contributed by atoms with Crippen LogP contribution in [0.25, 0.3) is 0 Å². The maximum Gasteiger partial charge on any atom is 0.433 e. The van der Waals surface area contributed by atoms with Gasteiger partial charge in [-0.1, -0.05) is 23.2 Å². The molecule has 1 aromatic heterocycles. The number of benzene rings is 2. The summed E-state index contributed by atoms with van der Waals surface area (Å²) in [6.45, 7) is 4.34. The smallest absolute Gasteiger partial charge is 0.433 e. The van der Waals surface area contributed by atoms with E-state index >= 15 is 0 Å². The summed E-state index contributed by atoms with van der Waals surface area (Å²) in [5.74, 6) is -0.139. The fourth-order valence-electron chi connectivity index (χ4n) is 3.93. The van der Waals surface area contributed by atoms with Crippen LogP contribution >= 0.6 is 23.2 Å². The first-order chi connectivity index (χ1) is 18.5. The van der Waals surface area contributed by atoms with Crippen LogP contribution in [0, 0.1) is 0 Å². The van der Waals surface area contributed by atoms with Crippen molar-refractivity contribution in [3.63, 3.8) is 0 Å². The first kappa shape index (κ1) is 28.7. The molecule has 1 fully saturated rings. The average molecular weight is 583 g/mol. The monoisotopic (exact) mass is 582 g/mol. The van der Waals surface area contributed by atoms with Gasteiger partial charge in [0.2, 0.25) is 5.96 Å². The van der Waals surface area contributed by atoms with Crippen molar-refractivity contribution in [1.29, 1.82) is 0 Å². The van der Waals surface area contributed by atoms with Gasteiger partial charge in [0.25, 0.3) is 5.95 Å². The second-order valence-electron chi connectivity index (χ2n) is 8.92. The van der Waals surface area contributed by atoms with Crippen LogP contribution in [0.1, 0.15) is 11.3 Å². The highest BCUT2D eigenvalue weighted by Gasteiger charge is 2.34. The number of anilines is 3. The molecule has 0 saturated carbocycles. The van der Waals surface area contributed by atoms with E-state index in [-0.39, 0.29) is 16.8 Å². The minimum atomic E-state index is -4.73. The van der Waals surface area contributed by atoms with Crippen molar-refractivity contribution >= 4 is 52.3 Å². The molecule has 39 heavy (non-hydrogen) atoms. The fraction of sp³-hybridized carbons (Fsp3) is 0.320. The first-order valence-electron chi connectivity index (χ1n) is 11.9. The lowest BCUT2D eigenvalue weighted by atomic mass is 10.1. The summed E-state index contributed by atoms with van der Waals surface area (Å²) < 4.78 is 46.4. The van der Waals surface area contributed by atoms with E-state index in [2.05, 4.69) is 42.4 Å². The van der Waals surface area contributed by atoms with Gasteiger partial charge < -0.3 is 26.0 Å². The van der Waals surface area contributed by atoms with Crippen LogP contribution in [0.5, 0.6) is 5.75 Å². The molecule has 2 aromatic carbocycles. The van der Waals surface area contributed by atoms with Gasteiger partial charge in [-0.05, 0) is 43.4 Å². The highest BCUT2D eigenvalue weighted by molar-refractivity contribution is 6.42. The number of nitrogens with one attached hydrogen (secondary N) is 2. The van der Waals surface area contributed by atoms with Crippen LogP contribution in [-0.2, 0) is 12.7 Å². The number of likely N-dealkylation sites (N-methyl/N-ethyl adjacent to an activating group) is 1. The predicted octanol–water partition coefficient (Wildman–Crippen LogP) is 5.36. The molecule has 4 rings (SSSR count). The Kier molecular flexibility index (Phi) is 9.01. The number of methoxy groups -OCH3 is 1. The summed E-state index contributed by atoms with van der Waals surface area (Å²) >= 11 is 11.9. The third-order valence-corrected chi connectivity index (χ3v) is 6.70. The molecule has 208 valence electrons. The standard InChI is InChI=1S/C25H27Cl2F3N8O/c1-37-7-9-38(10-8-37)14-15-11-16(4-6-20(15)39-2)32-22-13-21(25(28,29)30)34-24(35-22)36-23(31)33-17-3-5-18(26)19(27)12-17/h3-6,11-13H,7-10,14H2,1-2H3,(H4,31,32,33,34,35,36). The molecule has 0 bridgehead atoms. The number of piperazine rings is 1. The number of aromatic nitrogens is 2. The van der Waals surface area contributed by atoms with Crippen molar-refractivity contribution in [3.05, 3.63) is 63.8 Å². The Morgan fingerprint density at radius 3 is 2.41 bits per heavy atom. The number of hydrogen-bond acceptors (Lipinski definition) is 7. The predicted molar refractivity (Wildman–Crippen MR) is 147 cm³/mol. The summed E-state index contributed by atoms with van der Waals surface area (Å²) in [5.41, 5.74) is 6.58. The van der Waals surface area contributed by atoms with Crippen LogP contribution < -0.4 is 21.1 Å². The molecule has 1 aliphatic heterocycles. The summed E-state index contributed by atoms with van der Waals surface area (Å²) in [4.78, 5) is 16.1. The normalized spacial score (nSPS) is 15.3. The molecule has 0 aliphatic carbocycles. The summed E-state index contributed by atoms with van der Waals surface area (Å²) in [6, 6.07) is 10.7. The highest BCUT2D eigenvalue weighted by atomic mass is 35.5. The first-order valence-corrected chi connectivity index (χ1v) is 12.6. The summed E-state index contributed by atoms with van der Waals surface area (Å²) in [7, 11) is 3.66. The molecule has 9 nitrogen and oxygen atoms in total. The largest absolute Gasteiger partial charge is 0.496 e. The zero-order valence-electron chi connectivity index (χ0n) is 21.2. The lowest BCUT2D eigenvalue weighted by Gasteiger charge is -2.32. The van der Waals surface area contributed by atoms with Crippen LogP contribution in [0.4, 0.5) is 36.3 Å². The Morgan fingerprint density at radius 1 is 1.03 bits per heavy atom. The molecule has 0 radical (unpaired) electrons. The van der Waals surface area contributed by atoms with Gasteiger partial charge >= 0.3 is 6.18 Å². The number of ether oxygens (including phenoxy) is 1. The second-order valence-corrected chi connectivity index (χ2v) is 9.73. The van der Waals surface area contributed by atoms with Crippen molar-refractivity contribution < 1.29 is 17.9 Å². The maximum absolute atomic E-state index is 13.6. The Morgan fingerprint density at radius 2 is 1.74 bits per heavy atom. The second kappa shape index (κ2) is 12.2. The van der Waals surface area contributed by atoms with Gasteiger partial charge in [-0.15, -0.1) is 0 Å². The van der Waals surface area contributed by atoms with E-state index in [9.17, 15) is 13.2 Å². The number of nitrogens with zero attached hydrogens (tertiary/aromatic N) is 5. The number of alkyl halides is 3. The Balaban J connectivity index is 1.59. The average Bonchev–Trinajstić information content (AvgIpc) is 2.87. The molecular weight excluding hydrogens is 556 g/mol. The number of aliphatic imine (C=N–C) groups is 1. The van der Waals surface area contributed by atoms with Gasteiger partial charge in [-0.3, -0.25) is 4.90 Å². The van der Waals surface area contributed by atoms with Crippen molar-refractivity contribution in [2.45, 2.75) is 12.7 Å². The van der Waals surface area contributed by atoms with Gasteiger partial charge in [0, 0.05) is 55.7 Å². The van der Waals surface area contributed by atoms with E-state index in [1.54, 1.807) is 25.3 Å². The molecule has 0 spiro atoms. The quantitative estimate of drug-likeness (QED) is 0.253. The van der Waals surface area contributed by atoms with E-state index in [1.165, 1.54) is 12.1 Å². The number of nitrogens with two attached hydrogens (primary N) is 1. The topological polar surface area (TPSA) is 104 Å². The minimum absolute atomic E-state index is 0.103. The van der Waals surface area contributed by atoms with Crippen molar-refractivity contribution in [2.24, 2.45) is 10.7 Å². The van der Waals surface area contributed by atoms with E-state index in [0.717, 1.165) is 37.8 Å². The van der Waals surface area contributed by atoms with E-state index < -0.39 is 17.8 Å². The molecule has 0 unspecified atom stereocenters. The van der Waals surface area contributed by atoms with E-state index in [1.807, 2.05) is 6.07 Å².